The maximum absolute atomic E-state index is 13.3. The van der Waals surface area contributed by atoms with Gasteiger partial charge in [-0.25, -0.2) is 9.78 Å². The summed E-state index contributed by atoms with van der Waals surface area (Å²) in [6.07, 6.45) is 2.15. The number of anilines is 3. The van der Waals surface area contributed by atoms with E-state index in [0.29, 0.717) is 45.5 Å². The molecule has 9 nitrogen and oxygen atoms in total. The summed E-state index contributed by atoms with van der Waals surface area (Å²) in [4.78, 5) is 33.5. The van der Waals surface area contributed by atoms with Crippen LogP contribution in [0.5, 0.6) is 11.5 Å². The van der Waals surface area contributed by atoms with Crippen molar-refractivity contribution in [3.63, 3.8) is 0 Å². The van der Waals surface area contributed by atoms with Gasteiger partial charge in [-0.1, -0.05) is 18.2 Å². The third-order valence-corrected chi connectivity index (χ3v) is 7.34. The smallest absolute Gasteiger partial charge is 0.331 e. The number of rotatable bonds is 5. The van der Waals surface area contributed by atoms with E-state index in [9.17, 15) is 14.7 Å². The predicted molar refractivity (Wildman–Crippen MR) is 138 cm³/mol. The number of thiophene rings is 1. The molecule has 1 fully saturated rings. The molecule has 6 rings (SSSR count). The first-order valence-corrected chi connectivity index (χ1v) is 12.5. The quantitative estimate of drug-likeness (QED) is 0.318. The number of ether oxygens (including phenoxy) is 1. The van der Waals surface area contributed by atoms with Gasteiger partial charge in [-0.3, -0.25) is 15.0 Å². The molecule has 0 bridgehead atoms. The van der Waals surface area contributed by atoms with Gasteiger partial charge in [0.2, 0.25) is 0 Å². The lowest BCUT2D eigenvalue weighted by molar-refractivity contribution is 0.0785. The fourth-order valence-electron chi connectivity index (χ4n) is 4.57. The molecule has 3 amide bonds. The van der Waals surface area contributed by atoms with Crippen LogP contribution in [0.15, 0.2) is 66.9 Å². The zero-order chi connectivity index (χ0) is 24.6. The number of hydrogen-bond acceptors (Lipinski definition) is 7. The lowest BCUT2D eigenvalue weighted by Gasteiger charge is -2.29. The van der Waals surface area contributed by atoms with E-state index in [0.717, 1.165) is 17.6 Å². The number of para-hydroxylation sites is 1. The largest absolute Gasteiger partial charge is 0.457 e. The normalized spacial score (nSPS) is 19.1. The Hall–Kier alpha value is -3.99. The molecule has 10 heteroatoms. The van der Waals surface area contributed by atoms with Crippen molar-refractivity contribution < 1.29 is 19.4 Å². The first-order chi connectivity index (χ1) is 17.6. The van der Waals surface area contributed by atoms with Gasteiger partial charge in [0.15, 0.2) is 0 Å². The van der Waals surface area contributed by atoms with Crippen molar-refractivity contribution in [3.05, 3.63) is 71.7 Å². The number of aromatic nitrogens is 1. The fraction of sp³-hybridized carbons (Fsp3) is 0.192. The number of benzene rings is 2. The van der Waals surface area contributed by atoms with Crippen molar-refractivity contribution in [2.75, 3.05) is 16.8 Å². The van der Waals surface area contributed by atoms with Crippen LogP contribution in [-0.4, -0.2) is 40.8 Å². The summed E-state index contributed by atoms with van der Waals surface area (Å²) in [7, 11) is 0. The van der Waals surface area contributed by atoms with Gasteiger partial charge in [-0.15, -0.1) is 11.3 Å². The van der Waals surface area contributed by atoms with E-state index < -0.39 is 6.23 Å². The van der Waals surface area contributed by atoms with E-state index in [-0.39, 0.29) is 18.0 Å². The van der Waals surface area contributed by atoms with Crippen LogP contribution in [0.2, 0.25) is 0 Å². The standard InChI is InChI=1S/C26H23N5O4S/c32-20-14-15(10-12-27-20)29-24(33)23-22-21-19(11-13-28-25(21)36-23)31(26(34)30-22)16-6-8-18(9-7-16)35-17-4-2-1-3-5-17/h1-9,11,13,15,20,27,32H,10,12,14H2,(H,29,33)(H,30,34)/t15-,20+/m1/s1. The van der Waals surface area contributed by atoms with Crippen molar-refractivity contribution in [1.82, 2.24) is 15.6 Å². The molecule has 4 N–H and O–H groups in total. The third kappa shape index (κ3) is 4.15. The van der Waals surface area contributed by atoms with Gasteiger partial charge < -0.3 is 20.5 Å². The molecule has 2 aromatic carbocycles. The second-order valence-electron chi connectivity index (χ2n) is 8.66. The Morgan fingerprint density at radius 1 is 1.11 bits per heavy atom. The molecule has 2 aromatic heterocycles. The molecule has 4 heterocycles. The summed E-state index contributed by atoms with van der Waals surface area (Å²) in [6, 6.07) is 18.0. The summed E-state index contributed by atoms with van der Waals surface area (Å²) < 4.78 is 5.87. The highest BCUT2D eigenvalue weighted by molar-refractivity contribution is 7.21. The van der Waals surface area contributed by atoms with Gasteiger partial charge in [0.1, 0.15) is 27.4 Å². The van der Waals surface area contributed by atoms with Crippen molar-refractivity contribution in [2.45, 2.75) is 25.1 Å². The minimum absolute atomic E-state index is 0.147. The Labute approximate surface area is 210 Å². The van der Waals surface area contributed by atoms with E-state index in [2.05, 4.69) is 20.9 Å². The van der Waals surface area contributed by atoms with Crippen LogP contribution in [-0.2, 0) is 0 Å². The molecule has 0 saturated carbocycles. The Bertz CT molecular complexity index is 1440. The highest BCUT2D eigenvalue weighted by atomic mass is 32.1. The molecule has 1 saturated heterocycles. The third-order valence-electron chi connectivity index (χ3n) is 6.24. The van der Waals surface area contributed by atoms with E-state index in [1.165, 1.54) is 11.3 Å². The summed E-state index contributed by atoms with van der Waals surface area (Å²) in [6.45, 7) is 0.623. The number of nitrogens with zero attached hydrogens (tertiary/aromatic N) is 2. The number of carbonyl (C=O) groups is 2. The number of amides is 3. The number of aliphatic hydroxyl groups excluding tert-OH is 1. The molecule has 2 atom stereocenters. The van der Waals surface area contributed by atoms with Crippen molar-refractivity contribution in [1.29, 1.82) is 0 Å². The number of piperidine rings is 1. The van der Waals surface area contributed by atoms with Gasteiger partial charge in [-0.2, -0.15) is 0 Å². The first-order valence-electron chi connectivity index (χ1n) is 11.6. The minimum Gasteiger partial charge on any atom is -0.457 e. The Morgan fingerprint density at radius 3 is 2.67 bits per heavy atom. The highest BCUT2D eigenvalue weighted by Gasteiger charge is 2.33. The molecule has 4 aromatic rings. The van der Waals surface area contributed by atoms with E-state index >= 15 is 0 Å². The van der Waals surface area contributed by atoms with Gasteiger partial charge in [0, 0.05) is 18.7 Å². The number of hydrogen-bond donors (Lipinski definition) is 4. The van der Waals surface area contributed by atoms with Crippen LogP contribution in [0.1, 0.15) is 22.5 Å². The van der Waals surface area contributed by atoms with E-state index in [1.807, 2.05) is 54.6 Å². The topological polar surface area (TPSA) is 116 Å². The lowest BCUT2D eigenvalue weighted by atomic mass is 10.1. The van der Waals surface area contributed by atoms with Crippen molar-refractivity contribution in [2.24, 2.45) is 0 Å². The molecule has 182 valence electrons. The molecule has 0 aliphatic carbocycles. The van der Waals surface area contributed by atoms with Gasteiger partial charge in [0.25, 0.3) is 5.91 Å². The summed E-state index contributed by atoms with van der Waals surface area (Å²) in [5.74, 6) is 1.10. The zero-order valence-electron chi connectivity index (χ0n) is 19.1. The maximum Gasteiger partial charge on any atom is 0.331 e. The molecule has 2 aliphatic heterocycles. The number of aliphatic hydroxyl groups is 1. The number of carbonyl (C=O) groups excluding carboxylic acids is 2. The summed E-state index contributed by atoms with van der Waals surface area (Å²) in [5, 5.41) is 19.4. The molecule has 0 unspecified atom stereocenters. The van der Waals surface area contributed by atoms with Gasteiger partial charge in [0.05, 0.1) is 22.4 Å². The molecule has 36 heavy (non-hydrogen) atoms. The van der Waals surface area contributed by atoms with Crippen LogP contribution in [0.3, 0.4) is 0 Å². The monoisotopic (exact) mass is 501 g/mol. The second-order valence-corrected chi connectivity index (χ2v) is 9.65. The second kappa shape index (κ2) is 9.23. The van der Waals surface area contributed by atoms with E-state index in [4.69, 9.17) is 4.74 Å². The number of pyridine rings is 1. The lowest BCUT2D eigenvalue weighted by Crippen LogP contribution is -2.47. The Kier molecular flexibility index (Phi) is 5.76. The molecule has 0 spiro atoms. The van der Waals surface area contributed by atoms with Crippen LogP contribution in [0, 0.1) is 0 Å². The average molecular weight is 502 g/mol. The Balaban J connectivity index is 1.30. The van der Waals surface area contributed by atoms with Crippen LogP contribution in [0.25, 0.3) is 10.2 Å². The summed E-state index contributed by atoms with van der Waals surface area (Å²) in [5.41, 5.74) is 1.78. The average Bonchev–Trinajstić information content (AvgIpc) is 3.25. The van der Waals surface area contributed by atoms with Crippen LogP contribution >= 0.6 is 11.3 Å². The number of urea groups is 1. The van der Waals surface area contributed by atoms with Crippen molar-refractivity contribution >= 4 is 50.6 Å². The van der Waals surface area contributed by atoms with Crippen molar-refractivity contribution in [3.8, 4) is 11.5 Å². The molecular weight excluding hydrogens is 478 g/mol. The summed E-state index contributed by atoms with van der Waals surface area (Å²) >= 11 is 1.24. The molecule has 2 aliphatic rings. The van der Waals surface area contributed by atoms with Gasteiger partial charge in [-0.05, 0) is 55.4 Å². The SMILES string of the molecule is O=C(N[C@@H]1CCN[C@@H](O)C1)c1sc2nccc3c2c1NC(=O)N3c1ccc(Oc2ccccc2)cc1. The molecule has 0 radical (unpaired) electrons. The molecular formula is C26H23N5O4S. The van der Waals surface area contributed by atoms with E-state index in [1.54, 1.807) is 17.2 Å². The van der Waals surface area contributed by atoms with Crippen LogP contribution in [0.4, 0.5) is 21.9 Å². The number of nitrogens with one attached hydrogen (secondary N) is 3. The predicted octanol–water partition coefficient (Wildman–Crippen LogP) is 4.57. The Morgan fingerprint density at radius 2 is 1.89 bits per heavy atom. The highest BCUT2D eigenvalue weighted by Crippen LogP contribution is 2.45. The van der Waals surface area contributed by atoms with Gasteiger partial charge >= 0.3 is 6.03 Å². The minimum atomic E-state index is -0.643. The van der Waals surface area contributed by atoms with Crippen LogP contribution < -0.4 is 25.6 Å². The zero-order valence-corrected chi connectivity index (χ0v) is 19.9. The maximum atomic E-state index is 13.3. The first kappa shape index (κ1) is 22.5. The fourth-order valence-corrected chi connectivity index (χ4v) is 5.59.